The van der Waals surface area contributed by atoms with Crippen molar-refractivity contribution in [2.45, 2.75) is 72.1 Å². The van der Waals surface area contributed by atoms with Crippen molar-refractivity contribution in [3.05, 3.63) is 12.2 Å². The standard InChI is InChI=1S/C16H31N5/c1-6-7-21-15(17-12-19-21)10-20-11-16(4,5)18-9-14(20)8-13(2)3/h12-14,18H,6-11H2,1-5H3. The molecule has 0 bridgehead atoms. The van der Waals surface area contributed by atoms with Gasteiger partial charge in [-0.15, -0.1) is 0 Å². The van der Waals surface area contributed by atoms with Crippen LogP contribution in [-0.2, 0) is 13.1 Å². The smallest absolute Gasteiger partial charge is 0.141 e. The predicted octanol–water partition coefficient (Wildman–Crippen LogP) is 2.29. The fourth-order valence-corrected chi connectivity index (χ4v) is 3.17. The van der Waals surface area contributed by atoms with E-state index in [-0.39, 0.29) is 5.54 Å². The molecule has 0 aliphatic carbocycles. The van der Waals surface area contributed by atoms with Crippen LogP contribution >= 0.6 is 0 Å². The molecule has 1 aliphatic heterocycles. The van der Waals surface area contributed by atoms with Crippen LogP contribution in [0, 0.1) is 5.92 Å². The minimum Gasteiger partial charge on any atom is -0.309 e. The van der Waals surface area contributed by atoms with E-state index in [1.807, 2.05) is 0 Å². The van der Waals surface area contributed by atoms with Crippen molar-refractivity contribution >= 4 is 0 Å². The molecule has 0 aromatic carbocycles. The molecule has 5 heteroatoms. The fourth-order valence-electron chi connectivity index (χ4n) is 3.17. The van der Waals surface area contributed by atoms with E-state index < -0.39 is 0 Å². The molecule has 120 valence electrons. The van der Waals surface area contributed by atoms with Crippen LogP contribution in [0.15, 0.2) is 6.33 Å². The number of hydrogen-bond donors (Lipinski definition) is 1. The number of aryl methyl sites for hydroxylation is 1. The first-order valence-electron chi connectivity index (χ1n) is 8.27. The molecule has 1 aromatic rings. The van der Waals surface area contributed by atoms with Crippen molar-refractivity contribution in [1.82, 2.24) is 25.0 Å². The molecule has 1 saturated heterocycles. The highest BCUT2D eigenvalue weighted by molar-refractivity contribution is 4.95. The Bertz CT molecular complexity index is 438. The summed E-state index contributed by atoms with van der Waals surface area (Å²) >= 11 is 0. The summed E-state index contributed by atoms with van der Waals surface area (Å²) in [5.41, 5.74) is 0.170. The summed E-state index contributed by atoms with van der Waals surface area (Å²) in [6.45, 7) is 15.3. The molecule has 0 saturated carbocycles. The summed E-state index contributed by atoms with van der Waals surface area (Å²) in [4.78, 5) is 7.07. The van der Waals surface area contributed by atoms with Gasteiger partial charge in [-0.3, -0.25) is 4.90 Å². The summed E-state index contributed by atoms with van der Waals surface area (Å²) in [7, 11) is 0. The minimum absolute atomic E-state index is 0.170. The van der Waals surface area contributed by atoms with Crippen LogP contribution in [0.5, 0.6) is 0 Å². The summed E-state index contributed by atoms with van der Waals surface area (Å²) < 4.78 is 2.06. The van der Waals surface area contributed by atoms with E-state index in [1.165, 1.54) is 6.42 Å². The second-order valence-electron chi connectivity index (χ2n) is 7.35. The van der Waals surface area contributed by atoms with Gasteiger partial charge in [0.05, 0.1) is 6.54 Å². The predicted molar refractivity (Wildman–Crippen MR) is 86.0 cm³/mol. The third-order valence-corrected chi connectivity index (χ3v) is 4.15. The molecule has 21 heavy (non-hydrogen) atoms. The van der Waals surface area contributed by atoms with Gasteiger partial charge >= 0.3 is 0 Å². The van der Waals surface area contributed by atoms with Gasteiger partial charge in [0.2, 0.25) is 0 Å². The van der Waals surface area contributed by atoms with Gasteiger partial charge in [-0.2, -0.15) is 5.10 Å². The van der Waals surface area contributed by atoms with Crippen LogP contribution < -0.4 is 5.32 Å². The highest BCUT2D eigenvalue weighted by Gasteiger charge is 2.33. The Balaban J connectivity index is 2.09. The average Bonchev–Trinajstić information content (AvgIpc) is 2.80. The van der Waals surface area contributed by atoms with Crippen LogP contribution in [0.4, 0.5) is 0 Å². The first kappa shape index (κ1) is 16.4. The van der Waals surface area contributed by atoms with Gasteiger partial charge in [0.1, 0.15) is 12.2 Å². The Morgan fingerprint density at radius 1 is 1.43 bits per heavy atom. The highest BCUT2D eigenvalue weighted by atomic mass is 15.4. The first-order chi connectivity index (χ1) is 9.91. The van der Waals surface area contributed by atoms with Crippen molar-refractivity contribution in [1.29, 1.82) is 0 Å². The van der Waals surface area contributed by atoms with Crippen LogP contribution in [-0.4, -0.2) is 44.3 Å². The monoisotopic (exact) mass is 293 g/mol. The van der Waals surface area contributed by atoms with E-state index in [9.17, 15) is 0 Å². The number of piperazine rings is 1. The molecule has 1 aromatic heterocycles. The van der Waals surface area contributed by atoms with E-state index in [0.29, 0.717) is 12.0 Å². The number of nitrogens with one attached hydrogen (secondary N) is 1. The second-order valence-corrected chi connectivity index (χ2v) is 7.35. The average molecular weight is 293 g/mol. The Hall–Kier alpha value is -0.940. The number of hydrogen-bond acceptors (Lipinski definition) is 4. The Morgan fingerprint density at radius 2 is 2.19 bits per heavy atom. The summed E-state index contributed by atoms with van der Waals surface area (Å²) in [5, 5.41) is 8.04. The van der Waals surface area contributed by atoms with Gasteiger partial charge in [-0.25, -0.2) is 9.67 Å². The van der Waals surface area contributed by atoms with Gasteiger partial charge in [0, 0.05) is 31.2 Å². The van der Waals surface area contributed by atoms with Gasteiger partial charge in [0.25, 0.3) is 0 Å². The topological polar surface area (TPSA) is 46.0 Å². The second kappa shape index (κ2) is 6.88. The lowest BCUT2D eigenvalue weighted by Crippen LogP contribution is -2.61. The van der Waals surface area contributed by atoms with Crippen LogP contribution in [0.3, 0.4) is 0 Å². The lowest BCUT2D eigenvalue weighted by molar-refractivity contribution is 0.0723. The zero-order chi connectivity index (χ0) is 15.5. The maximum Gasteiger partial charge on any atom is 0.141 e. The molecular weight excluding hydrogens is 262 g/mol. The van der Waals surface area contributed by atoms with Crippen LogP contribution in [0.2, 0.25) is 0 Å². The molecule has 2 rings (SSSR count). The van der Waals surface area contributed by atoms with Gasteiger partial charge < -0.3 is 5.32 Å². The number of aromatic nitrogens is 3. The van der Waals surface area contributed by atoms with Crippen molar-refractivity contribution in [3.63, 3.8) is 0 Å². The molecule has 1 N–H and O–H groups in total. The Morgan fingerprint density at radius 3 is 2.86 bits per heavy atom. The normalized spacial score (nSPS) is 22.9. The fraction of sp³-hybridized carbons (Fsp3) is 0.875. The van der Waals surface area contributed by atoms with E-state index in [1.54, 1.807) is 6.33 Å². The third kappa shape index (κ3) is 4.51. The first-order valence-corrected chi connectivity index (χ1v) is 8.27. The SMILES string of the molecule is CCCn1ncnc1CN1CC(C)(C)NCC1CC(C)C. The summed E-state index contributed by atoms with van der Waals surface area (Å²) in [5.74, 6) is 1.82. The van der Waals surface area contributed by atoms with Gasteiger partial charge in [0.15, 0.2) is 0 Å². The lowest BCUT2D eigenvalue weighted by atomic mass is 9.94. The molecule has 0 radical (unpaired) electrons. The van der Waals surface area contributed by atoms with Crippen molar-refractivity contribution in [2.75, 3.05) is 13.1 Å². The van der Waals surface area contributed by atoms with Crippen molar-refractivity contribution < 1.29 is 0 Å². The van der Waals surface area contributed by atoms with Crippen LogP contribution in [0.1, 0.15) is 53.3 Å². The largest absolute Gasteiger partial charge is 0.309 e. The maximum atomic E-state index is 4.48. The number of nitrogens with zero attached hydrogens (tertiary/aromatic N) is 4. The van der Waals surface area contributed by atoms with Gasteiger partial charge in [-0.05, 0) is 32.6 Å². The summed E-state index contributed by atoms with van der Waals surface area (Å²) in [6, 6.07) is 0.588. The molecule has 0 amide bonds. The highest BCUT2D eigenvalue weighted by Crippen LogP contribution is 2.21. The van der Waals surface area contributed by atoms with Gasteiger partial charge in [-0.1, -0.05) is 20.8 Å². The maximum absolute atomic E-state index is 4.48. The van der Waals surface area contributed by atoms with E-state index >= 15 is 0 Å². The molecular formula is C16H31N5. The van der Waals surface area contributed by atoms with Crippen molar-refractivity contribution in [2.24, 2.45) is 5.92 Å². The molecule has 2 heterocycles. The molecule has 1 unspecified atom stereocenters. The lowest BCUT2D eigenvalue weighted by Gasteiger charge is -2.45. The zero-order valence-corrected chi connectivity index (χ0v) is 14.3. The minimum atomic E-state index is 0.170. The van der Waals surface area contributed by atoms with E-state index in [0.717, 1.165) is 38.4 Å². The van der Waals surface area contributed by atoms with Crippen molar-refractivity contribution in [3.8, 4) is 0 Å². The van der Waals surface area contributed by atoms with Crippen LogP contribution in [0.25, 0.3) is 0 Å². The molecule has 1 fully saturated rings. The summed E-state index contributed by atoms with van der Waals surface area (Å²) in [6.07, 6.45) is 4.01. The number of rotatable bonds is 6. The van der Waals surface area contributed by atoms with E-state index in [2.05, 4.69) is 59.6 Å². The molecule has 1 aliphatic rings. The molecule has 5 nitrogen and oxygen atoms in total. The Kier molecular flexibility index (Phi) is 5.38. The quantitative estimate of drug-likeness (QED) is 0.874. The Labute approximate surface area is 129 Å². The van der Waals surface area contributed by atoms with E-state index in [4.69, 9.17) is 0 Å². The zero-order valence-electron chi connectivity index (χ0n) is 14.3. The third-order valence-electron chi connectivity index (χ3n) is 4.15. The molecule has 0 spiro atoms. The molecule has 1 atom stereocenters.